The summed E-state index contributed by atoms with van der Waals surface area (Å²) >= 11 is 5.60. The van der Waals surface area contributed by atoms with E-state index >= 15 is 0 Å². The van der Waals surface area contributed by atoms with Gasteiger partial charge in [-0.25, -0.2) is 4.68 Å². The van der Waals surface area contributed by atoms with E-state index in [1.165, 1.54) is 25.9 Å². The van der Waals surface area contributed by atoms with Crippen molar-refractivity contribution in [2.75, 3.05) is 33.3 Å². The lowest BCUT2D eigenvalue weighted by molar-refractivity contribution is -0.0367. The number of aromatic nitrogens is 4. The second kappa shape index (κ2) is 12.5. The number of fused-ring (bicyclic) bond motifs is 1. The molecule has 208 valence electrons. The first kappa shape index (κ1) is 26.9. The van der Waals surface area contributed by atoms with Gasteiger partial charge in [-0.3, -0.25) is 4.68 Å². The normalized spacial score (nSPS) is 18.2. The van der Waals surface area contributed by atoms with Crippen molar-refractivity contribution >= 4 is 40.3 Å². The van der Waals surface area contributed by atoms with E-state index < -0.39 is 0 Å². The average Bonchev–Trinajstić information content (AvgIpc) is 3.77. The highest BCUT2D eigenvalue weighted by Gasteiger charge is 2.21. The van der Waals surface area contributed by atoms with Crippen LogP contribution in [0, 0.1) is 0 Å². The zero-order valence-electron chi connectivity index (χ0n) is 23.3. The van der Waals surface area contributed by atoms with E-state index in [9.17, 15) is 0 Å². The second-order valence-electron chi connectivity index (χ2n) is 10.7. The monoisotopic (exact) mass is 554 g/mol. The predicted molar refractivity (Wildman–Crippen MR) is 166 cm³/mol. The van der Waals surface area contributed by atoms with E-state index in [0.717, 1.165) is 89.3 Å². The molecule has 0 bridgehead atoms. The summed E-state index contributed by atoms with van der Waals surface area (Å²) in [6, 6.07) is 16.9. The highest BCUT2D eigenvalue weighted by Crippen LogP contribution is 2.33. The summed E-state index contributed by atoms with van der Waals surface area (Å²) in [6.45, 7) is 5.37. The lowest BCUT2D eigenvalue weighted by Crippen LogP contribution is -2.21. The number of ether oxygens (including phenoxy) is 1. The van der Waals surface area contributed by atoms with Crippen LogP contribution in [0.3, 0.4) is 0 Å². The van der Waals surface area contributed by atoms with Gasteiger partial charge in [-0.05, 0) is 99.6 Å². The molecule has 6 rings (SSSR count). The second-order valence-corrected chi connectivity index (χ2v) is 11.2. The number of hydrogen-bond acceptors (Lipinski definition) is 5. The van der Waals surface area contributed by atoms with Crippen LogP contribution in [-0.4, -0.2) is 62.7 Å². The molecule has 0 amide bonds. The molecule has 4 heterocycles. The maximum absolute atomic E-state index is 6.18. The number of nitrogens with zero attached hydrogens (tertiary/aromatic N) is 5. The first-order valence-electron chi connectivity index (χ1n) is 14.6. The van der Waals surface area contributed by atoms with Gasteiger partial charge in [-0.2, -0.15) is 10.2 Å². The summed E-state index contributed by atoms with van der Waals surface area (Å²) in [5.41, 5.74) is 6.19. The van der Waals surface area contributed by atoms with Crippen LogP contribution < -0.4 is 5.32 Å². The number of benzene rings is 2. The van der Waals surface area contributed by atoms with Crippen LogP contribution in [-0.2, 0) is 11.3 Å². The number of aryl methyl sites for hydroxylation is 1. The molecule has 2 saturated heterocycles. The molecule has 40 heavy (non-hydrogen) atoms. The molecule has 7 nitrogen and oxygen atoms in total. The zero-order chi connectivity index (χ0) is 27.3. The molecule has 2 fully saturated rings. The Kier molecular flexibility index (Phi) is 8.37. The summed E-state index contributed by atoms with van der Waals surface area (Å²) in [6.07, 6.45) is 13.2. The van der Waals surface area contributed by atoms with Gasteiger partial charge in [0.25, 0.3) is 0 Å². The molecular formula is C32H38N6OS. The average molecular weight is 555 g/mol. The van der Waals surface area contributed by atoms with Gasteiger partial charge < -0.3 is 15.0 Å². The Morgan fingerprint density at radius 1 is 1.02 bits per heavy atom. The summed E-state index contributed by atoms with van der Waals surface area (Å²) in [4.78, 5) is 3.29. The summed E-state index contributed by atoms with van der Waals surface area (Å²) in [5.74, 6) is 0. The van der Waals surface area contributed by atoms with Crippen molar-refractivity contribution in [2.45, 2.75) is 51.3 Å². The van der Waals surface area contributed by atoms with E-state index in [1.807, 2.05) is 13.1 Å². The highest BCUT2D eigenvalue weighted by molar-refractivity contribution is 7.80. The van der Waals surface area contributed by atoms with Crippen LogP contribution in [0.4, 0.5) is 0 Å². The fraction of sp³-hybridized carbons (Fsp3) is 0.406. The molecule has 0 aliphatic carbocycles. The smallest absolute Gasteiger partial charge is 0.150 e. The van der Waals surface area contributed by atoms with Crippen molar-refractivity contribution in [3.8, 4) is 11.1 Å². The molecule has 8 heteroatoms. The third kappa shape index (κ3) is 5.89. The third-order valence-electron chi connectivity index (χ3n) is 8.01. The van der Waals surface area contributed by atoms with Crippen molar-refractivity contribution in [2.24, 2.45) is 0 Å². The largest absolute Gasteiger partial charge is 0.379 e. The maximum Gasteiger partial charge on any atom is 0.150 e. The topological polar surface area (TPSA) is 60.1 Å². The molecule has 2 aromatic heterocycles. The molecule has 1 atom stereocenters. The molecule has 2 aliphatic heterocycles. The number of rotatable bonds is 9. The molecular weight excluding hydrogens is 516 g/mol. The van der Waals surface area contributed by atoms with Gasteiger partial charge in [0.1, 0.15) is 4.99 Å². The van der Waals surface area contributed by atoms with E-state index in [0.29, 0.717) is 0 Å². The SMILES string of the molecule is CNC(=S)c1ccccc1-c1ccc2c(/C=C/c3ccn(CCCN4CCCC4)n3)nn(C3CCCCO3)c2c1. The van der Waals surface area contributed by atoms with Crippen LogP contribution in [0.2, 0.25) is 0 Å². The van der Waals surface area contributed by atoms with Gasteiger partial charge in [-0.1, -0.05) is 42.5 Å². The van der Waals surface area contributed by atoms with Gasteiger partial charge in [-0.15, -0.1) is 0 Å². The Bertz CT molecular complexity index is 1490. The minimum atomic E-state index is -0.0582. The van der Waals surface area contributed by atoms with Crippen molar-refractivity contribution < 1.29 is 4.74 Å². The first-order chi connectivity index (χ1) is 19.7. The molecule has 0 spiro atoms. The Labute approximate surface area is 241 Å². The summed E-state index contributed by atoms with van der Waals surface area (Å²) in [7, 11) is 1.87. The van der Waals surface area contributed by atoms with Crippen LogP contribution in [0.1, 0.15) is 61.7 Å². The number of hydrogen-bond donors (Lipinski definition) is 1. The Hall–Kier alpha value is -3.33. The molecule has 0 radical (unpaired) electrons. The first-order valence-corrected chi connectivity index (χ1v) is 15.0. The molecule has 1 N–H and O–H groups in total. The molecule has 4 aromatic rings. The van der Waals surface area contributed by atoms with E-state index in [1.54, 1.807) is 0 Å². The van der Waals surface area contributed by atoms with Gasteiger partial charge in [0.05, 0.1) is 16.9 Å². The number of thiocarbonyl (C=S) groups is 1. The van der Waals surface area contributed by atoms with Crippen LogP contribution in [0.15, 0.2) is 54.7 Å². The number of nitrogens with one attached hydrogen (secondary N) is 1. The maximum atomic E-state index is 6.18. The van der Waals surface area contributed by atoms with Crippen molar-refractivity contribution in [3.63, 3.8) is 0 Å². The Morgan fingerprint density at radius 2 is 1.90 bits per heavy atom. The highest BCUT2D eigenvalue weighted by atomic mass is 32.1. The minimum absolute atomic E-state index is 0.0582. The Balaban J connectivity index is 1.28. The van der Waals surface area contributed by atoms with Crippen molar-refractivity contribution in [1.82, 2.24) is 29.8 Å². The quantitative estimate of drug-likeness (QED) is 0.251. The fourth-order valence-electron chi connectivity index (χ4n) is 5.87. The lowest BCUT2D eigenvalue weighted by atomic mass is 9.98. The molecule has 2 aromatic carbocycles. The zero-order valence-corrected chi connectivity index (χ0v) is 24.1. The molecule has 1 unspecified atom stereocenters. The fourth-order valence-corrected chi connectivity index (χ4v) is 6.05. The van der Waals surface area contributed by atoms with Crippen LogP contribution in [0.5, 0.6) is 0 Å². The number of likely N-dealkylation sites (tertiary alicyclic amines) is 1. The minimum Gasteiger partial charge on any atom is -0.379 e. The molecule has 2 aliphatic rings. The van der Waals surface area contributed by atoms with Gasteiger partial charge in [0.2, 0.25) is 0 Å². The van der Waals surface area contributed by atoms with E-state index in [-0.39, 0.29) is 6.23 Å². The van der Waals surface area contributed by atoms with Crippen LogP contribution >= 0.6 is 12.2 Å². The van der Waals surface area contributed by atoms with Crippen molar-refractivity contribution in [1.29, 1.82) is 0 Å². The lowest BCUT2D eigenvalue weighted by Gasteiger charge is -2.23. The van der Waals surface area contributed by atoms with E-state index in [2.05, 4.69) is 80.4 Å². The van der Waals surface area contributed by atoms with E-state index in [4.69, 9.17) is 27.2 Å². The van der Waals surface area contributed by atoms with Gasteiger partial charge in [0.15, 0.2) is 6.23 Å². The standard InChI is InChI=1S/C32H38N6OS/c1-33-32(40)27-10-3-2-9-26(27)24-12-14-28-29(35-38(30(28)23-24)31-11-4-7-22-39-31)15-13-25-16-21-37(34-25)20-8-19-36-17-5-6-18-36/h2-3,9-10,12-16,21,23,31H,4-8,11,17-20,22H2,1H3,(H,33,40)/b15-13+. The van der Waals surface area contributed by atoms with Crippen LogP contribution in [0.25, 0.3) is 34.2 Å². The predicted octanol–water partition coefficient (Wildman–Crippen LogP) is 6.15. The van der Waals surface area contributed by atoms with Gasteiger partial charge in [0, 0.05) is 37.3 Å². The summed E-state index contributed by atoms with van der Waals surface area (Å²) < 4.78 is 10.3. The third-order valence-corrected chi connectivity index (χ3v) is 8.43. The van der Waals surface area contributed by atoms with Gasteiger partial charge >= 0.3 is 0 Å². The summed E-state index contributed by atoms with van der Waals surface area (Å²) in [5, 5.41) is 14.1. The molecule has 0 saturated carbocycles. The van der Waals surface area contributed by atoms with Crippen molar-refractivity contribution in [3.05, 3.63) is 71.7 Å². The Morgan fingerprint density at radius 3 is 2.73 bits per heavy atom.